The van der Waals surface area contributed by atoms with Crippen molar-refractivity contribution in [2.75, 3.05) is 11.5 Å². The van der Waals surface area contributed by atoms with Gasteiger partial charge in [0, 0.05) is 20.6 Å². The van der Waals surface area contributed by atoms with Gasteiger partial charge in [-0.2, -0.15) is 0 Å². The van der Waals surface area contributed by atoms with Gasteiger partial charge in [0.15, 0.2) is 0 Å². The minimum Gasteiger partial charge on any atom is -0.494 e. The van der Waals surface area contributed by atoms with Crippen molar-refractivity contribution < 1.29 is 19.1 Å². The van der Waals surface area contributed by atoms with Gasteiger partial charge in [0.25, 0.3) is 11.8 Å². The average molecular weight is 629 g/mol. The second-order valence-electron chi connectivity index (χ2n) is 8.93. The molecular weight excluding hydrogens is 603 g/mol. The Morgan fingerprint density at radius 2 is 1.73 bits per heavy atom. The van der Waals surface area contributed by atoms with Crippen molar-refractivity contribution in [1.29, 1.82) is 0 Å². The monoisotopic (exact) mass is 628 g/mol. The van der Waals surface area contributed by atoms with E-state index in [0.29, 0.717) is 40.6 Å². The van der Waals surface area contributed by atoms with Gasteiger partial charge >= 0.3 is 6.03 Å². The fourth-order valence-corrected chi connectivity index (χ4v) is 5.41. The first kappa shape index (κ1) is 26.9. The van der Waals surface area contributed by atoms with E-state index in [4.69, 9.17) is 16.3 Å². The number of hydrogen-bond acceptors (Lipinski definition) is 4. The van der Waals surface area contributed by atoms with Gasteiger partial charge in [-0.25, -0.2) is 9.69 Å². The van der Waals surface area contributed by atoms with E-state index in [1.54, 1.807) is 25.1 Å². The Morgan fingerprint density at radius 1 is 1.03 bits per heavy atom. The van der Waals surface area contributed by atoms with Gasteiger partial charge in [-0.1, -0.05) is 47.0 Å². The van der Waals surface area contributed by atoms with Crippen LogP contribution in [0.25, 0.3) is 6.08 Å². The number of nitrogens with one attached hydrogen (secondary N) is 1. The fraction of sp³-hybridized carbons (Fsp3) is 0.207. The number of rotatable bonds is 6. The predicted molar refractivity (Wildman–Crippen MR) is 154 cm³/mol. The first-order valence-corrected chi connectivity index (χ1v) is 13.2. The van der Waals surface area contributed by atoms with Crippen LogP contribution < -0.4 is 15.0 Å². The molecule has 1 aliphatic heterocycles. The van der Waals surface area contributed by atoms with E-state index in [0.717, 1.165) is 14.0 Å². The summed E-state index contributed by atoms with van der Waals surface area (Å²) in [5.41, 5.74) is 5.94. The summed E-state index contributed by atoms with van der Waals surface area (Å²) in [5.74, 6) is -0.785. The number of halogens is 2. The van der Waals surface area contributed by atoms with Crippen LogP contribution in [0.5, 0.6) is 5.75 Å². The lowest BCUT2D eigenvalue weighted by Gasteiger charge is -2.27. The topological polar surface area (TPSA) is 75.7 Å². The smallest absolute Gasteiger partial charge is 0.335 e. The number of urea groups is 1. The molecule has 1 aliphatic rings. The Balaban J connectivity index is 1.74. The molecule has 3 aromatic carbocycles. The molecule has 0 saturated carbocycles. The highest BCUT2D eigenvalue weighted by molar-refractivity contribution is 14.1. The van der Waals surface area contributed by atoms with Crippen molar-refractivity contribution in [2.45, 2.75) is 34.1 Å². The third kappa shape index (κ3) is 5.72. The Bertz CT molecular complexity index is 1440. The summed E-state index contributed by atoms with van der Waals surface area (Å²) in [4.78, 5) is 39.7. The number of hydrogen-bond donors (Lipinski definition) is 1. The molecule has 6 nitrogen and oxygen atoms in total. The minimum absolute atomic E-state index is 0.153. The summed E-state index contributed by atoms with van der Waals surface area (Å²) < 4.78 is 6.91. The number of barbiturate groups is 1. The van der Waals surface area contributed by atoms with Gasteiger partial charge in [-0.3, -0.25) is 14.9 Å². The molecule has 0 bridgehead atoms. The van der Waals surface area contributed by atoms with Crippen molar-refractivity contribution in [3.63, 3.8) is 0 Å². The molecule has 8 heteroatoms. The largest absolute Gasteiger partial charge is 0.494 e. The molecule has 0 radical (unpaired) electrons. The normalized spacial score (nSPS) is 14.8. The SMILES string of the molecule is CCOc1cc(/C=C2\C(=O)NC(=O)N(c3cccc(Cl)c3C)C2=O)cc(I)c1Cc1cc(C)cc(C)c1. The zero-order valence-electron chi connectivity index (χ0n) is 20.9. The highest BCUT2D eigenvalue weighted by Crippen LogP contribution is 2.32. The molecule has 4 rings (SSSR count). The fourth-order valence-electron chi connectivity index (χ4n) is 4.43. The summed E-state index contributed by atoms with van der Waals surface area (Å²) >= 11 is 8.46. The van der Waals surface area contributed by atoms with Crippen molar-refractivity contribution in [2.24, 2.45) is 0 Å². The molecule has 1 N–H and O–H groups in total. The third-order valence-electron chi connectivity index (χ3n) is 6.03. The Hall–Kier alpha value is -3.17. The number of imide groups is 2. The quantitative estimate of drug-likeness (QED) is 0.192. The molecule has 1 saturated heterocycles. The van der Waals surface area contributed by atoms with Crippen molar-refractivity contribution in [3.05, 3.63) is 96.1 Å². The molecule has 37 heavy (non-hydrogen) atoms. The summed E-state index contributed by atoms with van der Waals surface area (Å²) in [6, 6.07) is 14.3. The maximum absolute atomic E-state index is 13.4. The van der Waals surface area contributed by atoms with Crippen LogP contribution in [0.2, 0.25) is 5.02 Å². The van der Waals surface area contributed by atoms with Crippen LogP contribution in [0.1, 0.15) is 40.3 Å². The van der Waals surface area contributed by atoms with E-state index in [2.05, 4.69) is 60.0 Å². The number of carbonyl (C=O) groups excluding carboxylic acids is 3. The van der Waals surface area contributed by atoms with Crippen LogP contribution in [0, 0.1) is 24.3 Å². The number of ether oxygens (including phenoxy) is 1. The molecule has 190 valence electrons. The lowest BCUT2D eigenvalue weighted by atomic mass is 9.98. The van der Waals surface area contributed by atoms with Crippen LogP contribution in [-0.2, 0) is 16.0 Å². The molecule has 4 amide bonds. The number of aryl methyl sites for hydroxylation is 2. The van der Waals surface area contributed by atoms with Crippen LogP contribution >= 0.6 is 34.2 Å². The number of anilines is 1. The standard InChI is InChI=1S/C29H26ClIN2O4/c1-5-37-26-15-20(14-24(31)21(26)12-19-10-16(2)9-17(3)11-19)13-22-27(34)32-29(36)33(28(22)35)25-8-6-7-23(30)18(25)4/h6-11,13-15H,5,12H2,1-4H3,(H,32,34,36)/b22-13+. The van der Waals surface area contributed by atoms with Crippen molar-refractivity contribution in [1.82, 2.24) is 5.32 Å². The Labute approximate surface area is 234 Å². The Morgan fingerprint density at radius 3 is 2.41 bits per heavy atom. The summed E-state index contributed by atoms with van der Waals surface area (Å²) in [7, 11) is 0. The van der Waals surface area contributed by atoms with Crippen LogP contribution in [-0.4, -0.2) is 24.5 Å². The third-order valence-corrected chi connectivity index (χ3v) is 7.40. The summed E-state index contributed by atoms with van der Waals surface area (Å²) in [6.45, 7) is 8.24. The molecule has 0 spiro atoms. The molecule has 0 aromatic heterocycles. The van der Waals surface area contributed by atoms with E-state index in [1.807, 2.05) is 19.1 Å². The second-order valence-corrected chi connectivity index (χ2v) is 10.5. The van der Waals surface area contributed by atoms with Crippen LogP contribution in [0.15, 0.2) is 54.1 Å². The summed E-state index contributed by atoms with van der Waals surface area (Å²) in [5, 5.41) is 2.68. The minimum atomic E-state index is -0.814. The Kier molecular flexibility index (Phi) is 8.04. The molecule has 0 aliphatic carbocycles. The lowest BCUT2D eigenvalue weighted by Crippen LogP contribution is -2.54. The van der Waals surface area contributed by atoms with E-state index in [1.165, 1.54) is 22.8 Å². The first-order valence-electron chi connectivity index (χ1n) is 11.8. The van der Waals surface area contributed by atoms with E-state index < -0.39 is 17.8 Å². The molecule has 3 aromatic rings. The lowest BCUT2D eigenvalue weighted by molar-refractivity contribution is -0.122. The summed E-state index contributed by atoms with van der Waals surface area (Å²) in [6.07, 6.45) is 2.17. The van der Waals surface area contributed by atoms with E-state index in [-0.39, 0.29) is 5.57 Å². The van der Waals surface area contributed by atoms with Gasteiger partial charge in [-0.15, -0.1) is 0 Å². The molecule has 1 fully saturated rings. The van der Waals surface area contributed by atoms with E-state index in [9.17, 15) is 14.4 Å². The number of nitrogens with zero attached hydrogens (tertiary/aromatic N) is 1. The highest BCUT2D eigenvalue weighted by Gasteiger charge is 2.37. The van der Waals surface area contributed by atoms with Gasteiger partial charge in [0.05, 0.1) is 12.3 Å². The number of amides is 4. The zero-order valence-corrected chi connectivity index (χ0v) is 23.9. The van der Waals surface area contributed by atoms with E-state index >= 15 is 0 Å². The van der Waals surface area contributed by atoms with Gasteiger partial charge in [0.2, 0.25) is 0 Å². The highest BCUT2D eigenvalue weighted by atomic mass is 127. The zero-order chi connectivity index (χ0) is 26.9. The van der Waals surface area contributed by atoms with Crippen molar-refractivity contribution in [3.8, 4) is 5.75 Å². The van der Waals surface area contributed by atoms with Crippen molar-refractivity contribution >= 4 is 63.8 Å². The van der Waals surface area contributed by atoms with Crippen LogP contribution in [0.3, 0.4) is 0 Å². The number of benzene rings is 3. The van der Waals surface area contributed by atoms with Gasteiger partial charge in [-0.05, 0) is 97.3 Å². The number of carbonyl (C=O) groups is 3. The molecule has 0 unspecified atom stereocenters. The molecule has 1 heterocycles. The maximum Gasteiger partial charge on any atom is 0.335 e. The predicted octanol–water partition coefficient (Wildman–Crippen LogP) is 6.53. The van der Waals surface area contributed by atoms with Gasteiger partial charge in [0.1, 0.15) is 11.3 Å². The molecular formula is C29H26ClIN2O4. The van der Waals surface area contributed by atoms with Gasteiger partial charge < -0.3 is 4.74 Å². The van der Waals surface area contributed by atoms with Crippen LogP contribution in [0.4, 0.5) is 10.5 Å². The maximum atomic E-state index is 13.4. The first-order chi connectivity index (χ1) is 17.6. The average Bonchev–Trinajstić information content (AvgIpc) is 2.81. The second kappa shape index (κ2) is 11.1. The molecule has 0 atom stereocenters.